The van der Waals surface area contributed by atoms with Gasteiger partial charge in [0.2, 0.25) is 0 Å². The molecule has 0 radical (unpaired) electrons. The fraction of sp³-hybridized carbons (Fsp3) is 0.471. The summed E-state index contributed by atoms with van der Waals surface area (Å²) in [5.41, 5.74) is 5.20. The number of carbonyl (C=O) groups is 1. The van der Waals surface area contributed by atoms with Gasteiger partial charge in [0.1, 0.15) is 5.69 Å². The molecule has 0 bridgehead atoms. The van der Waals surface area contributed by atoms with Gasteiger partial charge in [0.25, 0.3) is 5.91 Å². The molecule has 2 heterocycles. The van der Waals surface area contributed by atoms with Crippen LogP contribution in [-0.4, -0.2) is 30.0 Å². The molecule has 4 heteroatoms. The number of aromatic nitrogens is 1. The Balaban J connectivity index is 1.86. The number of H-pyrrole nitrogens is 1. The van der Waals surface area contributed by atoms with Crippen molar-refractivity contribution in [3.8, 4) is 0 Å². The van der Waals surface area contributed by atoms with Crippen LogP contribution in [0.2, 0.25) is 0 Å². The number of amides is 1. The monoisotopic (exact) mass is 285 g/mol. The molecule has 1 aliphatic heterocycles. The number of aryl methyl sites for hydroxylation is 3. The number of carbonyl (C=O) groups excluding carboxylic acids is 1. The number of hydrogen-bond donors (Lipinski definition) is 3. The third-order valence-corrected chi connectivity index (χ3v) is 4.52. The summed E-state index contributed by atoms with van der Waals surface area (Å²) < 4.78 is 0. The van der Waals surface area contributed by atoms with E-state index in [0.29, 0.717) is 18.3 Å². The van der Waals surface area contributed by atoms with Crippen LogP contribution in [0.1, 0.15) is 40.0 Å². The average molecular weight is 285 g/mol. The van der Waals surface area contributed by atoms with Gasteiger partial charge in [-0.2, -0.15) is 0 Å². The van der Waals surface area contributed by atoms with Crippen LogP contribution in [0.15, 0.2) is 12.1 Å². The summed E-state index contributed by atoms with van der Waals surface area (Å²) in [6, 6.07) is 4.63. The molecule has 0 saturated carbocycles. The van der Waals surface area contributed by atoms with E-state index in [1.165, 1.54) is 22.9 Å². The van der Waals surface area contributed by atoms with Gasteiger partial charge in [-0.25, -0.2) is 0 Å². The maximum atomic E-state index is 12.4. The molecule has 4 nitrogen and oxygen atoms in total. The molecule has 112 valence electrons. The Labute approximate surface area is 125 Å². The van der Waals surface area contributed by atoms with Crippen molar-refractivity contribution in [2.75, 3.05) is 13.1 Å². The lowest BCUT2D eigenvalue weighted by Gasteiger charge is -2.11. The number of benzene rings is 1. The van der Waals surface area contributed by atoms with E-state index >= 15 is 0 Å². The van der Waals surface area contributed by atoms with Crippen LogP contribution in [0.4, 0.5) is 0 Å². The highest BCUT2D eigenvalue weighted by molar-refractivity contribution is 6.02. The average Bonchev–Trinajstić information content (AvgIpc) is 3.09. The normalized spacial score (nSPS) is 18.3. The molecule has 1 amide bonds. The zero-order chi connectivity index (χ0) is 15.0. The Morgan fingerprint density at radius 2 is 2.05 bits per heavy atom. The number of aromatic amines is 1. The fourth-order valence-corrected chi connectivity index (χ4v) is 3.26. The molecule has 1 atom stereocenters. The molecule has 1 aromatic heterocycles. The molecule has 3 rings (SSSR count). The Kier molecular flexibility index (Phi) is 3.72. The summed E-state index contributed by atoms with van der Waals surface area (Å²) in [6.45, 7) is 7.94. The minimum Gasteiger partial charge on any atom is -0.350 e. The molecule has 0 spiro atoms. The lowest BCUT2D eigenvalue weighted by Crippen LogP contribution is -2.37. The molecule has 1 fully saturated rings. The lowest BCUT2D eigenvalue weighted by atomic mass is 10.0. The molecule has 1 aromatic carbocycles. The van der Waals surface area contributed by atoms with Gasteiger partial charge in [-0.05, 0) is 56.8 Å². The summed E-state index contributed by atoms with van der Waals surface area (Å²) in [6.07, 6.45) is 2.34. The van der Waals surface area contributed by atoms with Crippen LogP contribution in [0, 0.1) is 20.8 Å². The SMILES string of the molecule is Cc1ccc(C)c2c(C)c(C(=O)NC[C@@H]3CCCN3)[nH]c12. The Morgan fingerprint density at radius 3 is 2.71 bits per heavy atom. The predicted molar refractivity (Wildman–Crippen MR) is 85.9 cm³/mol. The van der Waals surface area contributed by atoms with E-state index in [-0.39, 0.29) is 5.91 Å². The van der Waals surface area contributed by atoms with Gasteiger partial charge < -0.3 is 15.6 Å². The number of nitrogens with one attached hydrogen (secondary N) is 3. The van der Waals surface area contributed by atoms with Gasteiger partial charge in [0, 0.05) is 23.5 Å². The van der Waals surface area contributed by atoms with Crippen molar-refractivity contribution in [1.29, 1.82) is 0 Å². The summed E-state index contributed by atoms with van der Waals surface area (Å²) in [4.78, 5) is 15.8. The zero-order valence-corrected chi connectivity index (χ0v) is 13.0. The van der Waals surface area contributed by atoms with Crippen molar-refractivity contribution in [1.82, 2.24) is 15.6 Å². The van der Waals surface area contributed by atoms with Crippen LogP contribution >= 0.6 is 0 Å². The number of hydrogen-bond acceptors (Lipinski definition) is 2. The van der Waals surface area contributed by atoms with Crippen LogP contribution in [-0.2, 0) is 0 Å². The minimum absolute atomic E-state index is 0.00352. The third-order valence-electron chi connectivity index (χ3n) is 4.52. The van der Waals surface area contributed by atoms with Crippen LogP contribution in [0.5, 0.6) is 0 Å². The van der Waals surface area contributed by atoms with E-state index < -0.39 is 0 Å². The van der Waals surface area contributed by atoms with E-state index in [1.54, 1.807) is 0 Å². The smallest absolute Gasteiger partial charge is 0.268 e. The first-order chi connectivity index (χ1) is 10.1. The van der Waals surface area contributed by atoms with Crippen LogP contribution < -0.4 is 10.6 Å². The van der Waals surface area contributed by atoms with Crippen molar-refractivity contribution < 1.29 is 4.79 Å². The van der Waals surface area contributed by atoms with Gasteiger partial charge in [0.15, 0.2) is 0 Å². The van der Waals surface area contributed by atoms with E-state index in [2.05, 4.69) is 41.6 Å². The van der Waals surface area contributed by atoms with E-state index in [9.17, 15) is 4.79 Å². The van der Waals surface area contributed by atoms with E-state index in [4.69, 9.17) is 0 Å². The lowest BCUT2D eigenvalue weighted by molar-refractivity contribution is 0.0945. The van der Waals surface area contributed by atoms with Crippen molar-refractivity contribution in [3.05, 3.63) is 34.5 Å². The van der Waals surface area contributed by atoms with Crippen molar-refractivity contribution in [2.24, 2.45) is 0 Å². The Bertz CT molecular complexity index is 681. The van der Waals surface area contributed by atoms with Crippen molar-refractivity contribution >= 4 is 16.8 Å². The molecule has 0 unspecified atom stereocenters. The first-order valence-corrected chi connectivity index (χ1v) is 7.68. The molecular weight excluding hydrogens is 262 g/mol. The molecule has 1 saturated heterocycles. The fourth-order valence-electron chi connectivity index (χ4n) is 3.26. The second-order valence-corrected chi connectivity index (χ2v) is 6.08. The predicted octanol–water partition coefficient (Wildman–Crippen LogP) is 2.57. The topological polar surface area (TPSA) is 56.9 Å². The Hall–Kier alpha value is -1.81. The van der Waals surface area contributed by atoms with Gasteiger partial charge in [0.05, 0.1) is 0 Å². The number of rotatable bonds is 3. The molecule has 2 aromatic rings. The van der Waals surface area contributed by atoms with Gasteiger partial charge in [-0.3, -0.25) is 4.79 Å². The minimum atomic E-state index is -0.00352. The summed E-state index contributed by atoms with van der Waals surface area (Å²) in [5.74, 6) is -0.00352. The Morgan fingerprint density at radius 1 is 1.29 bits per heavy atom. The van der Waals surface area contributed by atoms with Gasteiger partial charge in [-0.1, -0.05) is 12.1 Å². The van der Waals surface area contributed by atoms with Crippen LogP contribution in [0.3, 0.4) is 0 Å². The second-order valence-electron chi connectivity index (χ2n) is 6.08. The number of fused-ring (bicyclic) bond motifs is 1. The molecule has 21 heavy (non-hydrogen) atoms. The quantitative estimate of drug-likeness (QED) is 0.812. The second kappa shape index (κ2) is 5.53. The van der Waals surface area contributed by atoms with Crippen LogP contribution in [0.25, 0.3) is 10.9 Å². The van der Waals surface area contributed by atoms with E-state index in [1.807, 2.05) is 6.92 Å². The summed E-state index contributed by atoms with van der Waals surface area (Å²) >= 11 is 0. The standard InChI is InChI=1S/C17H23N3O/c1-10-6-7-11(2)15-14(10)12(3)16(20-15)17(21)19-9-13-5-4-8-18-13/h6-7,13,18,20H,4-5,8-9H2,1-3H3,(H,19,21)/t13-/m0/s1. The van der Waals surface area contributed by atoms with Gasteiger partial charge >= 0.3 is 0 Å². The highest BCUT2D eigenvalue weighted by Crippen LogP contribution is 2.27. The highest BCUT2D eigenvalue weighted by Gasteiger charge is 2.19. The van der Waals surface area contributed by atoms with Crippen molar-refractivity contribution in [2.45, 2.75) is 39.7 Å². The highest BCUT2D eigenvalue weighted by atomic mass is 16.1. The molecular formula is C17H23N3O. The summed E-state index contributed by atoms with van der Waals surface area (Å²) in [7, 11) is 0. The first kappa shape index (κ1) is 14.1. The largest absolute Gasteiger partial charge is 0.350 e. The van der Waals surface area contributed by atoms with Gasteiger partial charge in [-0.15, -0.1) is 0 Å². The molecule has 3 N–H and O–H groups in total. The molecule has 0 aliphatic carbocycles. The van der Waals surface area contributed by atoms with E-state index in [0.717, 1.165) is 24.0 Å². The third kappa shape index (κ3) is 2.56. The zero-order valence-electron chi connectivity index (χ0n) is 13.0. The first-order valence-electron chi connectivity index (χ1n) is 7.68. The molecule has 1 aliphatic rings. The maximum absolute atomic E-state index is 12.4. The maximum Gasteiger partial charge on any atom is 0.268 e. The summed E-state index contributed by atoms with van der Waals surface area (Å²) in [5, 5.41) is 7.63. The van der Waals surface area contributed by atoms with Crippen molar-refractivity contribution in [3.63, 3.8) is 0 Å².